The van der Waals surface area contributed by atoms with Gasteiger partial charge in [0.1, 0.15) is 5.82 Å². The average Bonchev–Trinajstić information content (AvgIpc) is 3.09. The van der Waals surface area contributed by atoms with E-state index in [1.54, 1.807) is 4.68 Å². The number of aryl methyl sites for hydroxylation is 1. The maximum Gasteiger partial charge on any atom is 0.229 e. The zero-order valence-electron chi connectivity index (χ0n) is 15.5. The van der Waals surface area contributed by atoms with Crippen molar-refractivity contribution in [2.45, 2.75) is 6.54 Å². The molecule has 2 N–H and O–H groups in total. The number of nitrogens with one attached hydrogen (secondary N) is 1. The SMILES string of the molecule is Cn1ncc2c(NCc3ccccc3)nc(N3CCN(CCO)CC3)nc21. The van der Waals surface area contributed by atoms with Crippen LogP contribution in [0, 0.1) is 0 Å². The molecule has 0 radical (unpaired) electrons. The number of hydrogen-bond acceptors (Lipinski definition) is 7. The molecule has 3 aromatic rings. The number of rotatable bonds is 6. The first-order chi connectivity index (χ1) is 13.2. The summed E-state index contributed by atoms with van der Waals surface area (Å²) in [5.74, 6) is 1.54. The highest BCUT2D eigenvalue weighted by molar-refractivity contribution is 5.87. The minimum atomic E-state index is 0.199. The summed E-state index contributed by atoms with van der Waals surface area (Å²) < 4.78 is 1.79. The molecule has 1 saturated heterocycles. The summed E-state index contributed by atoms with van der Waals surface area (Å²) in [6.45, 7) is 5.12. The highest BCUT2D eigenvalue weighted by Gasteiger charge is 2.21. The Balaban J connectivity index is 1.57. The third-order valence-corrected chi connectivity index (χ3v) is 4.95. The minimum absolute atomic E-state index is 0.199. The predicted molar refractivity (Wildman–Crippen MR) is 106 cm³/mol. The molecule has 0 bridgehead atoms. The number of anilines is 2. The molecule has 4 rings (SSSR count). The van der Waals surface area contributed by atoms with Gasteiger partial charge < -0.3 is 15.3 Å². The van der Waals surface area contributed by atoms with Gasteiger partial charge in [-0.15, -0.1) is 0 Å². The smallest absolute Gasteiger partial charge is 0.229 e. The Hall–Kier alpha value is -2.71. The number of fused-ring (bicyclic) bond motifs is 1. The summed E-state index contributed by atoms with van der Waals surface area (Å²) >= 11 is 0. The van der Waals surface area contributed by atoms with E-state index in [-0.39, 0.29) is 6.61 Å². The van der Waals surface area contributed by atoms with E-state index in [0.29, 0.717) is 6.54 Å². The number of aromatic nitrogens is 4. The van der Waals surface area contributed by atoms with Crippen LogP contribution in [0.1, 0.15) is 5.56 Å². The van der Waals surface area contributed by atoms with Crippen LogP contribution in [0.15, 0.2) is 36.5 Å². The van der Waals surface area contributed by atoms with Gasteiger partial charge in [-0.3, -0.25) is 9.58 Å². The van der Waals surface area contributed by atoms with Crippen molar-refractivity contribution in [2.75, 3.05) is 49.5 Å². The van der Waals surface area contributed by atoms with Crippen molar-refractivity contribution in [1.82, 2.24) is 24.6 Å². The summed E-state index contributed by atoms with van der Waals surface area (Å²) in [6, 6.07) is 10.3. The van der Waals surface area contributed by atoms with Crippen molar-refractivity contribution in [3.05, 3.63) is 42.1 Å². The molecule has 3 heterocycles. The standard InChI is InChI=1S/C19H25N7O/c1-24-18-16(14-21-24)17(20-13-15-5-3-2-4-6-15)22-19(23-18)26-9-7-25(8-10-26)11-12-27/h2-6,14,27H,7-13H2,1H3,(H,20,22,23). The molecular formula is C19H25N7O. The summed E-state index contributed by atoms with van der Waals surface area (Å²) in [4.78, 5) is 14.0. The topological polar surface area (TPSA) is 82.3 Å². The Morgan fingerprint density at radius 2 is 1.85 bits per heavy atom. The van der Waals surface area contributed by atoms with Crippen LogP contribution in [0.3, 0.4) is 0 Å². The number of benzene rings is 1. The van der Waals surface area contributed by atoms with Crippen LogP contribution in [0.25, 0.3) is 11.0 Å². The largest absolute Gasteiger partial charge is 0.395 e. The quantitative estimate of drug-likeness (QED) is 0.675. The monoisotopic (exact) mass is 367 g/mol. The normalized spacial score (nSPS) is 15.4. The van der Waals surface area contributed by atoms with E-state index in [2.05, 4.69) is 32.3 Å². The van der Waals surface area contributed by atoms with Crippen molar-refractivity contribution in [2.24, 2.45) is 7.05 Å². The first kappa shape index (κ1) is 17.7. The van der Waals surface area contributed by atoms with Crippen molar-refractivity contribution in [1.29, 1.82) is 0 Å². The Morgan fingerprint density at radius 3 is 2.59 bits per heavy atom. The highest BCUT2D eigenvalue weighted by Crippen LogP contribution is 2.24. The van der Waals surface area contributed by atoms with Gasteiger partial charge in [-0.1, -0.05) is 30.3 Å². The van der Waals surface area contributed by atoms with E-state index in [0.717, 1.165) is 55.5 Å². The van der Waals surface area contributed by atoms with E-state index in [4.69, 9.17) is 15.1 Å². The van der Waals surface area contributed by atoms with E-state index in [9.17, 15) is 0 Å². The van der Waals surface area contributed by atoms with Crippen molar-refractivity contribution >= 4 is 22.8 Å². The minimum Gasteiger partial charge on any atom is -0.395 e. The molecule has 0 unspecified atom stereocenters. The number of hydrogen-bond donors (Lipinski definition) is 2. The molecule has 1 fully saturated rings. The second kappa shape index (κ2) is 7.89. The summed E-state index contributed by atoms with van der Waals surface area (Å²) in [7, 11) is 1.90. The predicted octanol–water partition coefficient (Wildman–Crippen LogP) is 1.09. The van der Waals surface area contributed by atoms with Crippen molar-refractivity contribution < 1.29 is 5.11 Å². The lowest BCUT2D eigenvalue weighted by Crippen LogP contribution is -2.47. The molecule has 1 aromatic carbocycles. The molecule has 0 aliphatic carbocycles. The van der Waals surface area contributed by atoms with Crippen LogP contribution >= 0.6 is 0 Å². The number of aliphatic hydroxyl groups excluding tert-OH is 1. The number of β-amino-alcohol motifs (C(OH)–C–C–N with tert-alkyl or cyclic N) is 1. The van der Waals surface area contributed by atoms with E-state index in [1.165, 1.54) is 5.56 Å². The molecular weight excluding hydrogens is 342 g/mol. The van der Waals surface area contributed by atoms with Crippen LogP contribution < -0.4 is 10.2 Å². The van der Waals surface area contributed by atoms with Crippen molar-refractivity contribution in [3.8, 4) is 0 Å². The Labute approximate surface area is 158 Å². The van der Waals surface area contributed by atoms with Crippen LogP contribution in [0.5, 0.6) is 0 Å². The maximum atomic E-state index is 9.12. The van der Waals surface area contributed by atoms with Crippen molar-refractivity contribution in [3.63, 3.8) is 0 Å². The fraction of sp³-hybridized carbons (Fsp3) is 0.421. The van der Waals surface area contributed by atoms with Crippen LogP contribution in [-0.4, -0.2) is 69.1 Å². The van der Waals surface area contributed by atoms with Gasteiger partial charge >= 0.3 is 0 Å². The highest BCUT2D eigenvalue weighted by atomic mass is 16.3. The van der Waals surface area contributed by atoms with Gasteiger partial charge in [0.25, 0.3) is 0 Å². The third-order valence-electron chi connectivity index (χ3n) is 4.95. The molecule has 0 spiro atoms. The molecule has 0 saturated carbocycles. The average molecular weight is 367 g/mol. The summed E-state index contributed by atoms with van der Waals surface area (Å²) in [5.41, 5.74) is 2.03. The van der Waals surface area contributed by atoms with Gasteiger partial charge in [-0.25, -0.2) is 0 Å². The molecule has 0 amide bonds. The zero-order valence-corrected chi connectivity index (χ0v) is 15.5. The second-order valence-corrected chi connectivity index (χ2v) is 6.77. The van der Waals surface area contributed by atoms with Crippen LogP contribution in [0.4, 0.5) is 11.8 Å². The fourth-order valence-electron chi connectivity index (χ4n) is 3.38. The summed E-state index contributed by atoms with van der Waals surface area (Å²) in [5, 5.41) is 17.9. The van der Waals surface area contributed by atoms with Gasteiger partial charge in [0, 0.05) is 46.3 Å². The van der Waals surface area contributed by atoms with E-state index in [1.807, 2.05) is 31.4 Å². The molecule has 1 aliphatic rings. The molecule has 2 aromatic heterocycles. The molecule has 0 atom stereocenters. The molecule has 8 heteroatoms. The van der Waals surface area contributed by atoms with Gasteiger partial charge in [-0.05, 0) is 5.56 Å². The lowest BCUT2D eigenvalue weighted by atomic mass is 10.2. The second-order valence-electron chi connectivity index (χ2n) is 6.77. The zero-order chi connectivity index (χ0) is 18.6. The molecule has 8 nitrogen and oxygen atoms in total. The van der Waals surface area contributed by atoms with E-state index < -0.39 is 0 Å². The number of aliphatic hydroxyl groups is 1. The van der Waals surface area contributed by atoms with E-state index >= 15 is 0 Å². The fourth-order valence-corrected chi connectivity index (χ4v) is 3.38. The Bertz CT molecular complexity index is 888. The maximum absolute atomic E-state index is 9.12. The van der Waals surface area contributed by atoms with Gasteiger partial charge in [0.15, 0.2) is 5.65 Å². The van der Waals surface area contributed by atoms with Crippen LogP contribution in [0.2, 0.25) is 0 Å². The molecule has 142 valence electrons. The van der Waals surface area contributed by atoms with Gasteiger partial charge in [-0.2, -0.15) is 15.1 Å². The Kier molecular flexibility index (Phi) is 5.17. The lowest BCUT2D eigenvalue weighted by Gasteiger charge is -2.34. The third kappa shape index (κ3) is 3.86. The Morgan fingerprint density at radius 1 is 1.07 bits per heavy atom. The molecule has 27 heavy (non-hydrogen) atoms. The number of nitrogens with zero attached hydrogens (tertiary/aromatic N) is 6. The summed E-state index contributed by atoms with van der Waals surface area (Å²) in [6.07, 6.45) is 1.81. The number of piperazine rings is 1. The molecule has 1 aliphatic heterocycles. The lowest BCUT2D eigenvalue weighted by molar-refractivity contribution is 0.188. The first-order valence-corrected chi connectivity index (χ1v) is 9.30. The van der Waals surface area contributed by atoms with Crippen LogP contribution in [-0.2, 0) is 13.6 Å². The van der Waals surface area contributed by atoms with Gasteiger partial charge in [0.05, 0.1) is 18.2 Å². The first-order valence-electron chi connectivity index (χ1n) is 9.30. The van der Waals surface area contributed by atoms with Gasteiger partial charge in [0.2, 0.25) is 5.95 Å².